The van der Waals surface area contributed by atoms with Gasteiger partial charge in [0.25, 0.3) is 0 Å². The van der Waals surface area contributed by atoms with E-state index in [1.807, 2.05) is 11.0 Å². The molecule has 0 aromatic heterocycles. The Morgan fingerprint density at radius 1 is 1.33 bits per heavy atom. The SMILES string of the molecule is Cc1ccc2c(c1)CC(CNCC(=O)N1CCCCC1)O2. The van der Waals surface area contributed by atoms with E-state index >= 15 is 0 Å². The highest BCUT2D eigenvalue weighted by molar-refractivity contribution is 5.78. The molecular weight excluding hydrogens is 264 g/mol. The third-order valence-electron chi connectivity index (χ3n) is 4.31. The number of benzene rings is 1. The lowest BCUT2D eigenvalue weighted by molar-refractivity contribution is -0.131. The lowest BCUT2D eigenvalue weighted by Gasteiger charge is -2.27. The van der Waals surface area contributed by atoms with E-state index in [-0.39, 0.29) is 12.0 Å². The number of fused-ring (bicyclic) bond motifs is 1. The van der Waals surface area contributed by atoms with E-state index < -0.39 is 0 Å². The van der Waals surface area contributed by atoms with Gasteiger partial charge in [-0.25, -0.2) is 0 Å². The van der Waals surface area contributed by atoms with Crippen molar-refractivity contribution in [1.82, 2.24) is 10.2 Å². The minimum Gasteiger partial charge on any atom is -0.488 e. The number of hydrogen-bond donors (Lipinski definition) is 1. The summed E-state index contributed by atoms with van der Waals surface area (Å²) in [5.74, 6) is 1.22. The fraction of sp³-hybridized carbons (Fsp3) is 0.588. The number of piperidine rings is 1. The normalized spacial score (nSPS) is 21.0. The first-order valence-corrected chi connectivity index (χ1v) is 7.97. The highest BCUT2D eigenvalue weighted by Gasteiger charge is 2.23. The Bertz CT molecular complexity index is 510. The Morgan fingerprint density at radius 2 is 2.14 bits per heavy atom. The largest absolute Gasteiger partial charge is 0.488 e. The van der Waals surface area contributed by atoms with Crippen LogP contribution in [-0.2, 0) is 11.2 Å². The fourth-order valence-corrected chi connectivity index (χ4v) is 3.16. The van der Waals surface area contributed by atoms with Crippen LogP contribution in [0, 0.1) is 6.92 Å². The zero-order valence-electron chi connectivity index (χ0n) is 12.7. The summed E-state index contributed by atoms with van der Waals surface area (Å²) in [4.78, 5) is 14.0. The molecule has 2 aliphatic rings. The molecule has 1 saturated heterocycles. The number of likely N-dealkylation sites (tertiary alicyclic amines) is 1. The quantitative estimate of drug-likeness (QED) is 0.920. The molecule has 3 rings (SSSR count). The van der Waals surface area contributed by atoms with Crippen molar-refractivity contribution >= 4 is 5.91 Å². The first-order valence-electron chi connectivity index (χ1n) is 7.97. The van der Waals surface area contributed by atoms with Crippen LogP contribution in [0.5, 0.6) is 5.75 Å². The standard InChI is InChI=1S/C17H24N2O2/c1-13-5-6-16-14(9-13)10-15(21-16)11-18-12-17(20)19-7-3-2-4-8-19/h5-6,9,15,18H,2-4,7-8,10-12H2,1H3. The van der Waals surface area contributed by atoms with Gasteiger partial charge in [0.15, 0.2) is 0 Å². The van der Waals surface area contributed by atoms with Gasteiger partial charge < -0.3 is 15.0 Å². The van der Waals surface area contributed by atoms with Crippen molar-refractivity contribution in [3.05, 3.63) is 29.3 Å². The Labute approximate surface area is 126 Å². The van der Waals surface area contributed by atoms with Crippen molar-refractivity contribution in [3.63, 3.8) is 0 Å². The van der Waals surface area contributed by atoms with Gasteiger partial charge in [-0.05, 0) is 37.8 Å². The van der Waals surface area contributed by atoms with Crippen LogP contribution < -0.4 is 10.1 Å². The molecule has 1 unspecified atom stereocenters. The van der Waals surface area contributed by atoms with E-state index in [9.17, 15) is 4.79 Å². The molecule has 1 atom stereocenters. The number of carbonyl (C=O) groups is 1. The summed E-state index contributed by atoms with van der Waals surface area (Å²) in [5, 5.41) is 3.26. The molecule has 0 saturated carbocycles. The molecule has 1 fully saturated rings. The number of rotatable bonds is 4. The van der Waals surface area contributed by atoms with Crippen LogP contribution in [0.2, 0.25) is 0 Å². The second-order valence-electron chi connectivity index (χ2n) is 6.13. The maximum Gasteiger partial charge on any atom is 0.236 e. The van der Waals surface area contributed by atoms with Crippen molar-refractivity contribution < 1.29 is 9.53 Å². The summed E-state index contributed by atoms with van der Waals surface area (Å²) in [6.07, 6.45) is 4.63. The molecule has 2 aliphatic heterocycles. The zero-order valence-corrected chi connectivity index (χ0v) is 12.7. The molecule has 114 valence electrons. The molecule has 1 aromatic rings. The van der Waals surface area contributed by atoms with Crippen LogP contribution in [-0.4, -0.2) is 43.1 Å². The Hall–Kier alpha value is -1.55. The average Bonchev–Trinajstić information content (AvgIpc) is 2.89. The molecule has 4 nitrogen and oxygen atoms in total. The molecule has 4 heteroatoms. The van der Waals surface area contributed by atoms with Gasteiger partial charge in [0.2, 0.25) is 5.91 Å². The Kier molecular flexibility index (Phi) is 4.44. The Morgan fingerprint density at radius 3 is 2.95 bits per heavy atom. The lowest BCUT2D eigenvalue weighted by atomic mass is 10.1. The Balaban J connectivity index is 1.42. The van der Waals surface area contributed by atoms with E-state index in [1.54, 1.807) is 0 Å². The van der Waals surface area contributed by atoms with Gasteiger partial charge in [-0.15, -0.1) is 0 Å². The number of hydrogen-bond acceptors (Lipinski definition) is 3. The summed E-state index contributed by atoms with van der Waals surface area (Å²) in [6, 6.07) is 6.31. The average molecular weight is 288 g/mol. The van der Waals surface area contributed by atoms with E-state index in [0.717, 1.165) is 44.6 Å². The molecule has 1 N–H and O–H groups in total. The minimum absolute atomic E-state index is 0.149. The molecule has 2 heterocycles. The van der Waals surface area contributed by atoms with Crippen LogP contribution in [0.1, 0.15) is 30.4 Å². The third-order valence-corrected chi connectivity index (χ3v) is 4.31. The topological polar surface area (TPSA) is 41.6 Å². The van der Waals surface area contributed by atoms with Crippen LogP contribution in [0.15, 0.2) is 18.2 Å². The van der Waals surface area contributed by atoms with Gasteiger partial charge in [0, 0.05) is 26.1 Å². The second kappa shape index (κ2) is 6.48. The molecule has 1 amide bonds. The zero-order chi connectivity index (χ0) is 14.7. The van der Waals surface area contributed by atoms with Gasteiger partial charge in [-0.1, -0.05) is 17.7 Å². The molecule has 0 spiro atoms. The highest BCUT2D eigenvalue weighted by atomic mass is 16.5. The number of amides is 1. The van der Waals surface area contributed by atoms with Gasteiger partial charge in [-0.2, -0.15) is 0 Å². The van der Waals surface area contributed by atoms with Crippen molar-refractivity contribution in [3.8, 4) is 5.75 Å². The maximum atomic E-state index is 12.1. The van der Waals surface area contributed by atoms with Gasteiger partial charge >= 0.3 is 0 Å². The van der Waals surface area contributed by atoms with Gasteiger partial charge in [-0.3, -0.25) is 4.79 Å². The molecular formula is C17H24N2O2. The van der Waals surface area contributed by atoms with Crippen molar-refractivity contribution in [2.45, 2.75) is 38.7 Å². The molecule has 0 aliphatic carbocycles. The lowest BCUT2D eigenvalue weighted by Crippen LogP contribution is -2.43. The molecule has 1 aromatic carbocycles. The van der Waals surface area contributed by atoms with Crippen LogP contribution in [0.3, 0.4) is 0 Å². The van der Waals surface area contributed by atoms with Crippen molar-refractivity contribution in [2.75, 3.05) is 26.2 Å². The number of aryl methyl sites for hydroxylation is 1. The van der Waals surface area contributed by atoms with Crippen LogP contribution >= 0.6 is 0 Å². The maximum absolute atomic E-state index is 12.1. The van der Waals surface area contributed by atoms with E-state index in [4.69, 9.17) is 4.74 Å². The van der Waals surface area contributed by atoms with E-state index in [0.29, 0.717) is 6.54 Å². The second-order valence-corrected chi connectivity index (χ2v) is 6.13. The number of carbonyl (C=O) groups excluding carboxylic acids is 1. The molecule has 21 heavy (non-hydrogen) atoms. The first kappa shape index (κ1) is 14.4. The number of nitrogens with zero attached hydrogens (tertiary/aromatic N) is 1. The smallest absolute Gasteiger partial charge is 0.236 e. The van der Waals surface area contributed by atoms with Gasteiger partial charge in [0.1, 0.15) is 11.9 Å². The molecule has 0 bridgehead atoms. The first-order chi connectivity index (χ1) is 10.2. The minimum atomic E-state index is 0.149. The summed E-state index contributed by atoms with van der Waals surface area (Å²) in [5.41, 5.74) is 2.55. The van der Waals surface area contributed by atoms with Crippen molar-refractivity contribution in [1.29, 1.82) is 0 Å². The van der Waals surface area contributed by atoms with E-state index in [1.165, 1.54) is 17.5 Å². The number of ether oxygens (including phenoxy) is 1. The highest BCUT2D eigenvalue weighted by Crippen LogP contribution is 2.29. The summed E-state index contributed by atoms with van der Waals surface area (Å²) < 4.78 is 5.90. The number of nitrogens with one attached hydrogen (secondary N) is 1. The van der Waals surface area contributed by atoms with Gasteiger partial charge in [0.05, 0.1) is 6.54 Å². The fourth-order valence-electron chi connectivity index (χ4n) is 3.16. The molecule has 0 radical (unpaired) electrons. The third kappa shape index (κ3) is 3.56. The summed E-state index contributed by atoms with van der Waals surface area (Å²) in [7, 11) is 0. The monoisotopic (exact) mass is 288 g/mol. The van der Waals surface area contributed by atoms with Crippen LogP contribution in [0.25, 0.3) is 0 Å². The van der Waals surface area contributed by atoms with Crippen LogP contribution in [0.4, 0.5) is 0 Å². The van der Waals surface area contributed by atoms with Crippen molar-refractivity contribution in [2.24, 2.45) is 0 Å². The predicted octanol–water partition coefficient (Wildman–Crippen LogP) is 1.90. The summed E-state index contributed by atoms with van der Waals surface area (Å²) >= 11 is 0. The van der Waals surface area contributed by atoms with E-state index in [2.05, 4.69) is 24.4 Å². The summed E-state index contributed by atoms with van der Waals surface area (Å²) in [6.45, 7) is 5.10. The predicted molar refractivity (Wildman–Crippen MR) is 82.6 cm³/mol.